The minimum Gasteiger partial charge on any atom is -0.478 e. The van der Waals surface area contributed by atoms with E-state index < -0.39 is 5.97 Å². The van der Waals surface area contributed by atoms with Gasteiger partial charge in [0.15, 0.2) is 5.13 Å². The average Bonchev–Trinajstić information content (AvgIpc) is 3.26. The fraction of sp³-hybridized carbons (Fsp3) is 0.414. The quantitative estimate of drug-likeness (QED) is 0.251. The number of thiazole rings is 1. The van der Waals surface area contributed by atoms with Crippen LogP contribution < -0.4 is 4.90 Å². The number of hydrogen-bond donors (Lipinski definition) is 1. The Balaban J connectivity index is 1.06. The summed E-state index contributed by atoms with van der Waals surface area (Å²) in [4.78, 5) is 19.6. The molecule has 0 radical (unpaired) electrons. The van der Waals surface area contributed by atoms with Gasteiger partial charge < -0.3 is 19.3 Å². The highest BCUT2D eigenvalue weighted by atomic mass is 32.1. The maximum atomic E-state index is 11.3. The number of nitrogens with zero attached hydrogens (tertiary/aromatic N) is 3. The van der Waals surface area contributed by atoms with Gasteiger partial charge in [0.1, 0.15) is 11.5 Å². The Hall–Kier alpha value is -3.01. The Morgan fingerprint density at radius 2 is 1.92 bits per heavy atom. The van der Waals surface area contributed by atoms with Crippen LogP contribution in [-0.2, 0) is 11.3 Å². The highest BCUT2D eigenvalue weighted by Crippen LogP contribution is 2.46. The SMILES string of the molecule is Cc1ccccc1-c1noc(C2CC2)c1CO[C@H]1C[C@H]2CC[C@@H](C1)N2c1nc(-c2cc(C(=O)O)cs2)cs1. The molecule has 38 heavy (non-hydrogen) atoms. The maximum absolute atomic E-state index is 11.3. The number of aromatic nitrogens is 2. The monoisotopic (exact) mass is 547 g/mol. The van der Waals surface area contributed by atoms with Crippen molar-refractivity contribution in [1.82, 2.24) is 10.1 Å². The topological polar surface area (TPSA) is 88.7 Å². The number of aryl methyl sites for hydroxylation is 1. The molecule has 2 saturated heterocycles. The summed E-state index contributed by atoms with van der Waals surface area (Å²) in [6.07, 6.45) is 6.79. The minimum atomic E-state index is -0.899. The largest absolute Gasteiger partial charge is 0.478 e. The number of carbonyl (C=O) groups is 1. The van der Waals surface area contributed by atoms with Gasteiger partial charge in [0.05, 0.1) is 28.8 Å². The lowest BCUT2D eigenvalue weighted by atomic mass is 9.99. The Kier molecular flexibility index (Phi) is 6.10. The van der Waals surface area contributed by atoms with Crippen molar-refractivity contribution < 1.29 is 19.2 Å². The molecule has 1 aromatic carbocycles. The second-order valence-electron chi connectivity index (χ2n) is 10.7. The molecule has 7 rings (SSSR count). The molecular formula is C29H29N3O4S2. The second-order valence-corrected chi connectivity index (χ2v) is 12.4. The number of carboxylic acids is 1. The summed E-state index contributed by atoms with van der Waals surface area (Å²) in [6.45, 7) is 2.65. The minimum absolute atomic E-state index is 0.199. The molecule has 1 aliphatic carbocycles. The molecule has 3 aromatic heterocycles. The molecule has 0 amide bonds. The van der Waals surface area contributed by atoms with Gasteiger partial charge >= 0.3 is 5.97 Å². The molecule has 196 valence electrons. The van der Waals surface area contributed by atoms with Gasteiger partial charge in [-0.3, -0.25) is 0 Å². The van der Waals surface area contributed by atoms with Crippen molar-refractivity contribution in [2.75, 3.05) is 4.90 Å². The normalized spacial score (nSPS) is 22.8. The van der Waals surface area contributed by atoms with Crippen molar-refractivity contribution in [1.29, 1.82) is 0 Å². The zero-order valence-corrected chi connectivity index (χ0v) is 22.8. The van der Waals surface area contributed by atoms with Crippen molar-refractivity contribution in [3.8, 4) is 21.8 Å². The number of fused-ring (bicyclic) bond motifs is 2. The number of ether oxygens (including phenoxy) is 1. The zero-order valence-electron chi connectivity index (χ0n) is 21.1. The molecule has 1 saturated carbocycles. The molecular weight excluding hydrogens is 518 g/mol. The van der Waals surface area contributed by atoms with Crippen LogP contribution in [0.15, 0.2) is 45.6 Å². The van der Waals surface area contributed by atoms with E-state index in [9.17, 15) is 9.90 Å². The number of aromatic carboxylic acids is 1. The number of anilines is 1. The molecule has 4 aromatic rings. The molecule has 2 bridgehead atoms. The summed E-state index contributed by atoms with van der Waals surface area (Å²) in [7, 11) is 0. The van der Waals surface area contributed by atoms with Crippen LogP contribution in [0, 0.1) is 6.92 Å². The number of piperidine rings is 1. The van der Waals surface area contributed by atoms with Crippen molar-refractivity contribution in [2.45, 2.75) is 76.2 Å². The number of hydrogen-bond acceptors (Lipinski definition) is 8. The van der Waals surface area contributed by atoms with Crippen LogP contribution in [-0.4, -0.2) is 39.4 Å². The molecule has 7 nitrogen and oxygen atoms in total. The van der Waals surface area contributed by atoms with E-state index in [1.165, 1.54) is 16.9 Å². The van der Waals surface area contributed by atoms with Gasteiger partial charge in [-0.15, -0.1) is 22.7 Å². The van der Waals surface area contributed by atoms with Gasteiger partial charge in [0.25, 0.3) is 0 Å². The highest BCUT2D eigenvalue weighted by Gasteiger charge is 2.43. The summed E-state index contributed by atoms with van der Waals surface area (Å²) >= 11 is 3.09. The first-order valence-corrected chi connectivity index (χ1v) is 15.0. The van der Waals surface area contributed by atoms with Crippen molar-refractivity contribution >= 4 is 33.8 Å². The van der Waals surface area contributed by atoms with Crippen molar-refractivity contribution in [2.24, 2.45) is 0 Å². The van der Waals surface area contributed by atoms with Crippen LogP contribution in [0.25, 0.3) is 21.8 Å². The van der Waals surface area contributed by atoms with Crippen LogP contribution in [0.5, 0.6) is 0 Å². The Morgan fingerprint density at radius 1 is 1.13 bits per heavy atom. The third kappa shape index (κ3) is 4.36. The van der Waals surface area contributed by atoms with E-state index in [1.54, 1.807) is 22.8 Å². The fourth-order valence-electron chi connectivity index (χ4n) is 6.03. The number of thiophene rings is 1. The zero-order chi connectivity index (χ0) is 25.8. The van der Waals surface area contributed by atoms with Gasteiger partial charge in [-0.2, -0.15) is 0 Å². The van der Waals surface area contributed by atoms with E-state index in [4.69, 9.17) is 14.2 Å². The van der Waals surface area contributed by atoms with Crippen LogP contribution in [0.3, 0.4) is 0 Å². The summed E-state index contributed by atoms with van der Waals surface area (Å²) < 4.78 is 12.5. The summed E-state index contributed by atoms with van der Waals surface area (Å²) in [5.41, 5.74) is 5.56. The third-order valence-corrected chi connectivity index (χ3v) is 9.94. The van der Waals surface area contributed by atoms with Gasteiger partial charge in [-0.05, 0) is 57.1 Å². The van der Waals surface area contributed by atoms with Gasteiger partial charge in [-0.1, -0.05) is 29.4 Å². The van der Waals surface area contributed by atoms with E-state index in [1.807, 2.05) is 5.38 Å². The standard InChI is InChI=1S/C29H29N3O4S2/c1-16-4-2-3-5-22(16)26-23(27(36-31-26)17-6-7-17)13-35-21-11-19-8-9-20(12-21)32(19)29-30-24(15-38-29)25-10-18(14-37-25)28(33)34/h2-5,10,14-15,17,19-21H,6-9,11-13H2,1H3,(H,33,34)/t19-,20+,21+. The first kappa shape index (κ1) is 24.1. The number of rotatable bonds is 8. The molecule has 2 aliphatic heterocycles. The van der Waals surface area contributed by atoms with E-state index in [-0.39, 0.29) is 6.10 Å². The molecule has 1 N–H and O–H groups in total. The Labute approximate surface area is 229 Å². The highest BCUT2D eigenvalue weighted by molar-refractivity contribution is 7.16. The molecule has 3 atom stereocenters. The van der Waals surface area contributed by atoms with Gasteiger partial charge in [-0.25, -0.2) is 9.78 Å². The molecule has 0 unspecified atom stereocenters. The lowest BCUT2D eigenvalue weighted by Gasteiger charge is -2.38. The summed E-state index contributed by atoms with van der Waals surface area (Å²) in [5, 5.41) is 18.5. The van der Waals surface area contributed by atoms with E-state index in [0.29, 0.717) is 30.2 Å². The fourth-order valence-corrected chi connectivity index (χ4v) is 7.92. The van der Waals surface area contributed by atoms with Gasteiger partial charge in [0.2, 0.25) is 0 Å². The van der Waals surface area contributed by atoms with Crippen LogP contribution in [0.4, 0.5) is 5.13 Å². The van der Waals surface area contributed by atoms with E-state index in [0.717, 1.165) is 76.8 Å². The summed E-state index contributed by atoms with van der Waals surface area (Å²) in [5.74, 6) is 0.592. The van der Waals surface area contributed by atoms with Crippen molar-refractivity contribution in [3.63, 3.8) is 0 Å². The molecule has 0 spiro atoms. The molecule has 3 aliphatic rings. The predicted molar refractivity (Wildman–Crippen MR) is 148 cm³/mol. The number of benzene rings is 1. The lowest BCUT2D eigenvalue weighted by molar-refractivity contribution is 0.0147. The first-order chi connectivity index (χ1) is 18.5. The second kappa shape index (κ2) is 9.63. The smallest absolute Gasteiger partial charge is 0.336 e. The van der Waals surface area contributed by atoms with E-state index in [2.05, 4.69) is 41.2 Å². The van der Waals surface area contributed by atoms with Crippen LogP contribution in [0.1, 0.15) is 71.7 Å². The van der Waals surface area contributed by atoms with Crippen LogP contribution in [0.2, 0.25) is 0 Å². The average molecular weight is 548 g/mol. The molecule has 3 fully saturated rings. The van der Waals surface area contributed by atoms with Crippen LogP contribution >= 0.6 is 22.7 Å². The van der Waals surface area contributed by atoms with Gasteiger partial charge in [0, 0.05) is 39.9 Å². The summed E-state index contributed by atoms with van der Waals surface area (Å²) in [6, 6.07) is 10.9. The maximum Gasteiger partial charge on any atom is 0.336 e. The molecule has 9 heteroatoms. The predicted octanol–water partition coefficient (Wildman–Crippen LogP) is 7.13. The first-order valence-electron chi connectivity index (χ1n) is 13.3. The third-order valence-electron chi connectivity index (χ3n) is 8.13. The Bertz CT molecular complexity index is 1470. The lowest BCUT2D eigenvalue weighted by Crippen LogP contribution is -2.45. The van der Waals surface area contributed by atoms with E-state index >= 15 is 0 Å². The molecule has 5 heterocycles. The Morgan fingerprint density at radius 3 is 2.63 bits per heavy atom. The number of carboxylic acid groups (broad SMARTS) is 1. The van der Waals surface area contributed by atoms with Crippen molar-refractivity contribution in [3.05, 3.63) is 63.5 Å².